The van der Waals surface area contributed by atoms with Crippen LogP contribution in [0.3, 0.4) is 0 Å². The molecule has 236 valence electrons. The molecule has 44 heavy (non-hydrogen) atoms. The number of nitrogens with zero attached hydrogens (tertiary/aromatic N) is 2. The number of fused-ring (bicyclic) bond motifs is 3. The van der Waals surface area contributed by atoms with E-state index >= 15 is 0 Å². The van der Waals surface area contributed by atoms with Gasteiger partial charge in [-0.25, -0.2) is 9.78 Å². The molecule has 3 aromatic carbocycles. The molecule has 0 unspecified atom stereocenters. The fraction of sp³-hybridized carbons (Fsp3) is 0.379. The summed E-state index contributed by atoms with van der Waals surface area (Å²) < 4.78 is 97.2. The van der Waals surface area contributed by atoms with E-state index in [0.29, 0.717) is 22.4 Å². The molecular weight excluding hydrogens is 597 g/mol. The Hall–Kier alpha value is -4.05. The Bertz CT molecular complexity index is 1630. The van der Waals surface area contributed by atoms with E-state index in [1.165, 1.54) is 39.8 Å². The fourth-order valence-electron chi connectivity index (χ4n) is 5.14. The second kappa shape index (κ2) is 12.1. The number of rotatable bonds is 8. The molecule has 4 aromatic rings. The van der Waals surface area contributed by atoms with Gasteiger partial charge in [0.05, 0.1) is 17.1 Å². The predicted molar refractivity (Wildman–Crippen MR) is 147 cm³/mol. The van der Waals surface area contributed by atoms with Gasteiger partial charge in [-0.15, -0.1) is 0 Å². The first-order valence-corrected chi connectivity index (χ1v) is 13.2. The molecule has 0 aliphatic carbocycles. The third-order valence-electron chi connectivity index (χ3n) is 7.24. The zero-order chi connectivity index (χ0) is 31.8. The SMILES string of the molecule is CO[C@@H]1[C@@H](OC)[C@H](C)O[C@@H](OC(=O)Nc2ccc3c(ccc4c3ncn4-c3ccc(OC(F)(F)C(F)(F)F)cc3)c2)[C@@H]1OC. The van der Waals surface area contributed by atoms with E-state index in [9.17, 15) is 26.7 Å². The summed E-state index contributed by atoms with van der Waals surface area (Å²) in [7, 11) is 4.48. The highest BCUT2D eigenvalue weighted by Crippen LogP contribution is 2.38. The molecule has 15 heteroatoms. The van der Waals surface area contributed by atoms with E-state index in [2.05, 4.69) is 15.0 Å². The molecule has 1 saturated heterocycles. The maximum absolute atomic E-state index is 13.2. The van der Waals surface area contributed by atoms with E-state index in [-0.39, 0.29) is 0 Å². The third kappa shape index (κ3) is 6.00. The normalized spacial score (nSPS) is 22.7. The Morgan fingerprint density at radius 1 is 0.909 bits per heavy atom. The largest absolute Gasteiger partial charge is 0.499 e. The molecule has 2 heterocycles. The van der Waals surface area contributed by atoms with Gasteiger partial charge in [-0.1, -0.05) is 12.1 Å². The van der Waals surface area contributed by atoms with Crippen molar-refractivity contribution in [1.82, 2.24) is 9.55 Å². The highest BCUT2D eigenvalue weighted by Gasteiger charge is 2.61. The number of anilines is 1. The Balaban J connectivity index is 1.31. The van der Waals surface area contributed by atoms with Gasteiger partial charge in [0.25, 0.3) is 0 Å². The quantitative estimate of drug-likeness (QED) is 0.236. The molecule has 5 rings (SSSR count). The van der Waals surface area contributed by atoms with Gasteiger partial charge in [0.15, 0.2) is 0 Å². The number of imidazole rings is 1. The Kier molecular flexibility index (Phi) is 8.66. The van der Waals surface area contributed by atoms with Crippen LogP contribution >= 0.6 is 0 Å². The van der Waals surface area contributed by atoms with Gasteiger partial charge in [0.1, 0.15) is 30.4 Å². The van der Waals surface area contributed by atoms with Gasteiger partial charge in [-0.05, 0) is 54.8 Å². The van der Waals surface area contributed by atoms with E-state index < -0.39 is 54.8 Å². The highest BCUT2D eigenvalue weighted by molar-refractivity contribution is 6.06. The average molecular weight is 626 g/mol. The van der Waals surface area contributed by atoms with E-state index in [1.54, 1.807) is 41.8 Å². The summed E-state index contributed by atoms with van der Waals surface area (Å²) in [6.07, 6.45) is -13.7. The molecule has 1 amide bonds. The van der Waals surface area contributed by atoms with Gasteiger partial charge >= 0.3 is 18.4 Å². The molecule has 5 atom stereocenters. The van der Waals surface area contributed by atoms with Crippen LogP contribution in [0.1, 0.15) is 6.92 Å². The lowest BCUT2D eigenvalue weighted by Gasteiger charge is -2.43. The van der Waals surface area contributed by atoms with Crippen LogP contribution in [0.15, 0.2) is 60.9 Å². The number of benzene rings is 3. The van der Waals surface area contributed by atoms with Crippen LogP contribution < -0.4 is 10.1 Å². The number of hydrogen-bond acceptors (Lipinski definition) is 8. The van der Waals surface area contributed by atoms with Crippen molar-refractivity contribution >= 4 is 33.6 Å². The number of hydrogen-bond donors (Lipinski definition) is 1. The van der Waals surface area contributed by atoms with Crippen LogP contribution in [0.25, 0.3) is 27.5 Å². The monoisotopic (exact) mass is 625 g/mol. The van der Waals surface area contributed by atoms with Crippen LogP contribution in [-0.4, -0.2) is 80.0 Å². The minimum atomic E-state index is -5.85. The van der Waals surface area contributed by atoms with Crippen molar-refractivity contribution in [2.24, 2.45) is 0 Å². The van der Waals surface area contributed by atoms with E-state index in [1.807, 2.05) is 0 Å². The molecule has 1 aliphatic rings. The van der Waals surface area contributed by atoms with Gasteiger partial charge < -0.3 is 28.4 Å². The average Bonchev–Trinajstić information content (AvgIpc) is 3.41. The van der Waals surface area contributed by atoms with E-state index in [4.69, 9.17) is 23.7 Å². The minimum absolute atomic E-state index is 0.432. The Morgan fingerprint density at radius 2 is 1.59 bits per heavy atom. The lowest BCUT2D eigenvalue weighted by Crippen LogP contribution is -2.59. The Morgan fingerprint density at radius 3 is 2.23 bits per heavy atom. The molecule has 0 spiro atoms. The first-order valence-electron chi connectivity index (χ1n) is 13.2. The molecule has 0 saturated carbocycles. The number of carbonyl (C=O) groups is 1. The van der Waals surface area contributed by atoms with Crippen molar-refractivity contribution in [2.75, 3.05) is 26.6 Å². The van der Waals surface area contributed by atoms with Crippen molar-refractivity contribution in [2.45, 2.75) is 49.9 Å². The topological polar surface area (TPSA) is 102 Å². The number of alkyl halides is 5. The number of ether oxygens (including phenoxy) is 6. The lowest BCUT2D eigenvalue weighted by molar-refractivity contribution is -0.360. The maximum atomic E-state index is 13.2. The lowest BCUT2D eigenvalue weighted by atomic mass is 9.99. The zero-order valence-corrected chi connectivity index (χ0v) is 23.8. The number of halogens is 5. The van der Waals surface area contributed by atoms with Crippen molar-refractivity contribution in [3.63, 3.8) is 0 Å². The summed E-state index contributed by atoms with van der Waals surface area (Å²) in [5, 5.41) is 4.15. The second-order valence-corrected chi connectivity index (χ2v) is 9.94. The van der Waals surface area contributed by atoms with Crippen LogP contribution in [0.2, 0.25) is 0 Å². The summed E-state index contributed by atoms with van der Waals surface area (Å²) in [6.45, 7) is 1.77. The van der Waals surface area contributed by atoms with Crippen molar-refractivity contribution < 1.29 is 55.2 Å². The standard InChI is InChI=1S/C29H28F5N3O7/c1-15-23(39-2)24(40-3)25(41-4)26(42-15)43-27(38)36-17-6-11-20-16(13-17)5-12-21-22(20)35-14-37(21)18-7-9-19(10-8-18)44-29(33,34)28(30,31)32/h5-15,23-26H,1-4H3,(H,36,38)/t15-,23-,24+,25+,26-/m0/s1. The summed E-state index contributed by atoms with van der Waals surface area (Å²) in [6, 6.07) is 13.4. The molecule has 1 N–H and O–H groups in total. The smallest absolute Gasteiger partial charge is 0.426 e. The molecular formula is C29H28F5N3O7. The number of methoxy groups -OCH3 is 3. The summed E-state index contributed by atoms with van der Waals surface area (Å²) in [5.41, 5.74) is 2.12. The molecule has 0 bridgehead atoms. The van der Waals surface area contributed by atoms with Crippen LogP contribution in [-0.2, 0) is 23.7 Å². The summed E-state index contributed by atoms with van der Waals surface area (Å²) in [4.78, 5) is 17.2. The first-order chi connectivity index (χ1) is 20.9. The predicted octanol–water partition coefficient (Wildman–Crippen LogP) is 6.05. The molecule has 0 radical (unpaired) electrons. The number of amides is 1. The van der Waals surface area contributed by atoms with Crippen LogP contribution in [0.4, 0.5) is 32.4 Å². The zero-order valence-electron chi connectivity index (χ0n) is 23.8. The molecule has 1 aliphatic heterocycles. The minimum Gasteiger partial charge on any atom is -0.426 e. The van der Waals surface area contributed by atoms with Crippen LogP contribution in [0.5, 0.6) is 5.75 Å². The fourth-order valence-corrected chi connectivity index (χ4v) is 5.14. The second-order valence-electron chi connectivity index (χ2n) is 9.94. The van der Waals surface area contributed by atoms with Crippen LogP contribution in [0, 0.1) is 0 Å². The van der Waals surface area contributed by atoms with E-state index in [0.717, 1.165) is 22.9 Å². The molecule has 10 nitrogen and oxygen atoms in total. The van der Waals surface area contributed by atoms with Gasteiger partial charge in [0.2, 0.25) is 6.29 Å². The van der Waals surface area contributed by atoms with Crippen molar-refractivity contribution in [3.05, 3.63) is 60.9 Å². The Labute approximate surface area is 247 Å². The van der Waals surface area contributed by atoms with Gasteiger partial charge in [-0.3, -0.25) is 9.88 Å². The number of nitrogens with one attached hydrogen (secondary N) is 1. The van der Waals surface area contributed by atoms with Gasteiger partial charge in [0, 0.05) is 38.1 Å². The molecule has 1 fully saturated rings. The summed E-state index contributed by atoms with van der Waals surface area (Å²) in [5.74, 6) is -0.649. The highest BCUT2D eigenvalue weighted by atomic mass is 19.4. The first kappa shape index (κ1) is 31.4. The van der Waals surface area contributed by atoms with Crippen molar-refractivity contribution in [1.29, 1.82) is 0 Å². The number of aromatic nitrogens is 2. The molecule has 1 aromatic heterocycles. The number of carbonyl (C=O) groups excluding carboxylic acids is 1. The van der Waals surface area contributed by atoms with Gasteiger partial charge in [-0.2, -0.15) is 22.0 Å². The third-order valence-corrected chi connectivity index (χ3v) is 7.24. The maximum Gasteiger partial charge on any atom is 0.499 e. The van der Waals surface area contributed by atoms with Crippen molar-refractivity contribution in [3.8, 4) is 11.4 Å². The summed E-state index contributed by atoms with van der Waals surface area (Å²) >= 11 is 0.